The van der Waals surface area contributed by atoms with E-state index in [0.29, 0.717) is 6.54 Å². The number of ether oxygens (including phenoxy) is 1. The van der Waals surface area contributed by atoms with E-state index in [2.05, 4.69) is 5.32 Å². The summed E-state index contributed by atoms with van der Waals surface area (Å²) in [5.41, 5.74) is 2.98. The fourth-order valence-electron chi connectivity index (χ4n) is 3.67. The van der Waals surface area contributed by atoms with Crippen LogP contribution in [0.15, 0.2) is 60.7 Å². The third kappa shape index (κ3) is 4.98. The van der Waals surface area contributed by atoms with E-state index >= 15 is 0 Å². The molecule has 0 aliphatic rings. The summed E-state index contributed by atoms with van der Waals surface area (Å²) in [5.74, 6) is 0.423. The zero-order chi connectivity index (χ0) is 21.7. The van der Waals surface area contributed by atoms with Crippen molar-refractivity contribution in [2.45, 2.75) is 32.9 Å². The molecule has 2 amide bonds. The molecule has 0 radical (unpaired) electrons. The van der Waals surface area contributed by atoms with Crippen LogP contribution < -0.4 is 10.1 Å². The first-order valence-electron chi connectivity index (χ1n) is 10.0. The predicted molar refractivity (Wildman–Crippen MR) is 119 cm³/mol. The van der Waals surface area contributed by atoms with Gasteiger partial charge in [-0.15, -0.1) is 0 Å². The lowest BCUT2D eigenvalue weighted by molar-refractivity contribution is -0.135. The predicted octanol–water partition coefficient (Wildman–Crippen LogP) is 3.86. The van der Waals surface area contributed by atoms with Crippen molar-refractivity contribution < 1.29 is 14.3 Å². The van der Waals surface area contributed by atoms with Crippen LogP contribution in [0.2, 0.25) is 0 Å². The summed E-state index contributed by atoms with van der Waals surface area (Å²) in [5, 5.41) is 4.99. The zero-order valence-electron chi connectivity index (χ0n) is 17.9. The third-order valence-electron chi connectivity index (χ3n) is 5.20. The molecular weight excluding hydrogens is 376 g/mol. The quantitative estimate of drug-likeness (QED) is 0.650. The first-order valence-corrected chi connectivity index (χ1v) is 10.0. The van der Waals surface area contributed by atoms with Crippen molar-refractivity contribution in [1.29, 1.82) is 0 Å². The van der Waals surface area contributed by atoms with Crippen LogP contribution in [0.1, 0.15) is 23.6 Å². The minimum Gasteiger partial charge on any atom is -0.496 e. The maximum absolute atomic E-state index is 12.8. The molecule has 0 aromatic heterocycles. The first kappa shape index (κ1) is 21.4. The van der Waals surface area contributed by atoms with Crippen molar-refractivity contribution in [3.8, 4) is 5.75 Å². The number of amides is 2. The van der Waals surface area contributed by atoms with Crippen molar-refractivity contribution in [2.75, 3.05) is 14.2 Å². The second-order valence-electron chi connectivity index (χ2n) is 7.61. The van der Waals surface area contributed by atoms with Crippen molar-refractivity contribution in [3.63, 3.8) is 0 Å². The van der Waals surface area contributed by atoms with Gasteiger partial charge < -0.3 is 15.0 Å². The standard InChI is InChI=1S/C25H28N2O3/c1-17-12-13-23(30-4)21(14-17)16-27(3)25(29)18(2)26-24(28)15-20-10-7-9-19-8-5-6-11-22(19)20/h5-14,18H,15-16H2,1-4H3,(H,26,28)/t18-/m0/s1. The van der Waals surface area contributed by atoms with Gasteiger partial charge in [-0.1, -0.05) is 60.2 Å². The Morgan fingerprint density at radius 3 is 2.53 bits per heavy atom. The molecule has 0 aliphatic carbocycles. The highest BCUT2D eigenvalue weighted by Gasteiger charge is 2.21. The lowest BCUT2D eigenvalue weighted by Gasteiger charge is -2.23. The molecule has 156 valence electrons. The van der Waals surface area contributed by atoms with Crippen LogP contribution in [0.3, 0.4) is 0 Å². The monoisotopic (exact) mass is 404 g/mol. The second-order valence-corrected chi connectivity index (χ2v) is 7.61. The Labute approximate surface area is 177 Å². The molecule has 0 saturated carbocycles. The van der Waals surface area contributed by atoms with E-state index in [1.54, 1.807) is 26.0 Å². The Hall–Kier alpha value is -3.34. The first-order chi connectivity index (χ1) is 14.4. The van der Waals surface area contributed by atoms with Crippen LogP contribution in [-0.4, -0.2) is 36.9 Å². The largest absolute Gasteiger partial charge is 0.496 e. The molecule has 3 aromatic rings. The lowest BCUT2D eigenvalue weighted by Crippen LogP contribution is -2.45. The van der Waals surface area contributed by atoms with E-state index in [1.807, 2.05) is 67.6 Å². The molecule has 0 fully saturated rings. The summed E-state index contributed by atoms with van der Waals surface area (Å²) in [6, 6.07) is 19.2. The van der Waals surface area contributed by atoms with Crippen molar-refractivity contribution in [1.82, 2.24) is 10.2 Å². The molecule has 5 nitrogen and oxygen atoms in total. The molecule has 0 saturated heterocycles. The summed E-state index contributed by atoms with van der Waals surface area (Å²) >= 11 is 0. The molecule has 0 heterocycles. The van der Waals surface area contributed by atoms with Crippen molar-refractivity contribution in [3.05, 3.63) is 77.4 Å². The van der Waals surface area contributed by atoms with Gasteiger partial charge in [0.05, 0.1) is 13.5 Å². The maximum atomic E-state index is 12.8. The molecule has 30 heavy (non-hydrogen) atoms. The molecule has 0 aliphatic heterocycles. The van der Waals surface area contributed by atoms with Gasteiger partial charge in [-0.25, -0.2) is 0 Å². The highest BCUT2D eigenvalue weighted by Crippen LogP contribution is 2.21. The van der Waals surface area contributed by atoms with Gasteiger partial charge >= 0.3 is 0 Å². The molecule has 1 N–H and O–H groups in total. The molecule has 0 unspecified atom stereocenters. The number of carbonyl (C=O) groups excluding carboxylic acids is 2. The molecular formula is C25H28N2O3. The van der Waals surface area contributed by atoms with Crippen LogP contribution in [-0.2, 0) is 22.6 Å². The number of nitrogens with zero attached hydrogens (tertiary/aromatic N) is 1. The highest BCUT2D eigenvalue weighted by atomic mass is 16.5. The highest BCUT2D eigenvalue weighted by molar-refractivity contribution is 5.92. The van der Waals surface area contributed by atoms with Gasteiger partial charge in [-0.05, 0) is 36.2 Å². The number of fused-ring (bicyclic) bond motifs is 1. The van der Waals surface area contributed by atoms with Gasteiger partial charge in [0.1, 0.15) is 11.8 Å². The number of carbonyl (C=O) groups is 2. The number of nitrogens with one attached hydrogen (secondary N) is 1. The minimum absolute atomic E-state index is 0.148. The van der Waals surface area contributed by atoms with Crippen LogP contribution in [0.25, 0.3) is 10.8 Å². The van der Waals surface area contributed by atoms with Gasteiger partial charge in [0.15, 0.2) is 0 Å². The maximum Gasteiger partial charge on any atom is 0.244 e. The van der Waals surface area contributed by atoms with Crippen LogP contribution in [0.5, 0.6) is 5.75 Å². The Morgan fingerprint density at radius 2 is 1.77 bits per heavy atom. The van der Waals surface area contributed by atoms with E-state index in [0.717, 1.165) is 33.2 Å². The average molecular weight is 405 g/mol. The summed E-state index contributed by atoms with van der Waals surface area (Å²) in [4.78, 5) is 27.0. The zero-order valence-corrected chi connectivity index (χ0v) is 17.9. The Morgan fingerprint density at radius 1 is 1.03 bits per heavy atom. The number of aryl methyl sites for hydroxylation is 1. The van der Waals surface area contributed by atoms with Gasteiger partial charge in [-0.2, -0.15) is 0 Å². The van der Waals surface area contributed by atoms with Crippen molar-refractivity contribution in [2.24, 2.45) is 0 Å². The number of likely N-dealkylation sites (N-methyl/N-ethyl adjacent to an activating group) is 1. The fourth-order valence-corrected chi connectivity index (χ4v) is 3.67. The number of benzene rings is 3. The van der Waals surface area contributed by atoms with Crippen LogP contribution in [0, 0.1) is 6.92 Å². The molecule has 3 aromatic carbocycles. The number of rotatable bonds is 7. The fraction of sp³-hybridized carbons (Fsp3) is 0.280. The summed E-state index contributed by atoms with van der Waals surface area (Å²) < 4.78 is 5.40. The van der Waals surface area contributed by atoms with Gasteiger partial charge in [0.25, 0.3) is 0 Å². The summed E-state index contributed by atoms with van der Waals surface area (Å²) in [6.45, 7) is 4.13. The van der Waals surface area contributed by atoms with Gasteiger partial charge in [0.2, 0.25) is 11.8 Å². The summed E-state index contributed by atoms with van der Waals surface area (Å²) in [6.07, 6.45) is 0.231. The molecule has 0 bridgehead atoms. The van der Waals surface area contributed by atoms with E-state index in [1.165, 1.54) is 0 Å². The Kier molecular flexibility index (Phi) is 6.72. The van der Waals surface area contributed by atoms with Gasteiger partial charge in [-0.3, -0.25) is 9.59 Å². The van der Waals surface area contributed by atoms with Crippen LogP contribution in [0.4, 0.5) is 0 Å². The van der Waals surface area contributed by atoms with E-state index < -0.39 is 6.04 Å². The van der Waals surface area contributed by atoms with Crippen LogP contribution >= 0.6 is 0 Å². The van der Waals surface area contributed by atoms with E-state index in [-0.39, 0.29) is 18.2 Å². The molecule has 0 spiro atoms. The average Bonchev–Trinajstić information content (AvgIpc) is 2.73. The SMILES string of the molecule is COc1ccc(C)cc1CN(C)C(=O)[C@H](C)NC(=O)Cc1cccc2ccccc12. The normalized spacial score (nSPS) is 11.7. The smallest absolute Gasteiger partial charge is 0.244 e. The lowest BCUT2D eigenvalue weighted by atomic mass is 10.0. The second kappa shape index (κ2) is 9.44. The Balaban J connectivity index is 1.63. The molecule has 3 rings (SSSR count). The number of hydrogen-bond donors (Lipinski definition) is 1. The molecule has 5 heteroatoms. The Bertz CT molecular complexity index is 1060. The minimum atomic E-state index is -0.617. The number of methoxy groups -OCH3 is 1. The van der Waals surface area contributed by atoms with Gasteiger partial charge in [0, 0.05) is 19.2 Å². The topological polar surface area (TPSA) is 58.6 Å². The van der Waals surface area contributed by atoms with E-state index in [4.69, 9.17) is 4.74 Å². The summed E-state index contributed by atoms with van der Waals surface area (Å²) in [7, 11) is 3.35. The molecule has 1 atom stereocenters. The third-order valence-corrected chi connectivity index (χ3v) is 5.20. The number of hydrogen-bond acceptors (Lipinski definition) is 3. The van der Waals surface area contributed by atoms with E-state index in [9.17, 15) is 9.59 Å². The van der Waals surface area contributed by atoms with Crippen molar-refractivity contribution >= 4 is 22.6 Å².